The van der Waals surface area contributed by atoms with Gasteiger partial charge in [0.15, 0.2) is 5.82 Å². The monoisotopic (exact) mass is 339 g/mol. The lowest BCUT2D eigenvalue weighted by molar-refractivity contribution is -0.392. The number of carbonyl (C=O) groups is 1. The summed E-state index contributed by atoms with van der Waals surface area (Å²) >= 11 is 5.83. The van der Waals surface area contributed by atoms with E-state index in [9.17, 15) is 14.9 Å². The highest BCUT2D eigenvalue weighted by Crippen LogP contribution is 2.23. The minimum atomic E-state index is -0.598. The Morgan fingerprint density at radius 3 is 2.87 bits per heavy atom. The van der Waals surface area contributed by atoms with Gasteiger partial charge >= 0.3 is 11.8 Å². The van der Waals surface area contributed by atoms with Crippen molar-refractivity contribution < 1.29 is 19.2 Å². The van der Waals surface area contributed by atoms with Crippen molar-refractivity contribution in [2.45, 2.75) is 13.5 Å². The molecule has 0 radical (unpaired) electrons. The van der Waals surface area contributed by atoms with E-state index >= 15 is 0 Å². The van der Waals surface area contributed by atoms with Gasteiger partial charge in [-0.2, -0.15) is 0 Å². The smallest absolute Gasteiger partial charge is 0.342 e. The molecule has 0 fully saturated rings. The molecule has 0 saturated carbocycles. The largest absolute Gasteiger partial charge is 0.496 e. The number of ether oxygens (including phenoxy) is 2. The van der Waals surface area contributed by atoms with Crippen LogP contribution in [-0.4, -0.2) is 34.2 Å². The van der Waals surface area contributed by atoms with Gasteiger partial charge in [0.1, 0.15) is 30.7 Å². The highest BCUT2D eigenvalue weighted by atomic mass is 35.5. The molecule has 0 saturated heterocycles. The fraction of sp³-hybridized carbons (Fsp3) is 0.286. The number of halogens is 1. The number of hydrogen-bond acceptors (Lipinski definition) is 6. The van der Waals surface area contributed by atoms with Crippen LogP contribution in [-0.2, 0) is 11.3 Å². The molecule has 0 N–H and O–H groups in total. The van der Waals surface area contributed by atoms with Gasteiger partial charge in [-0.3, -0.25) is 0 Å². The number of nitrogens with zero attached hydrogens (tertiary/aromatic N) is 3. The Morgan fingerprint density at radius 1 is 1.48 bits per heavy atom. The number of hydrogen-bond donors (Lipinski definition) is 0. The van der Waals surface area contributed by atoms with E-state index in [1.165, 1.54) is 30.0 Å². The van der Waals surface area contributed by atoms with Crippen LogP contribution in [0.25, 0.3) is 0 Å². The summed E-state index contributed by atoms with van der Waals surface area (Å²) in [6.07, 6.45) is 1.17. The van der Waals surface area contributed by atoms with Crippen LogP contribution in [0.15, 0.2) is 24.4 Å². The third-order valence-corrected chi connectivity index (χ3v) is 3.39. The molecule has 2 aromatic rings. The number of esters is 1. The number of nitro groups is 1. The molecule has 8 nitrogen and oxygen atoms in total. The second kappa shape index (κ2) is 7.10. The van der Waals surface area contributed by atoms with Gasteiger partial charge in [0, 0.05) is 11.9 Å². The van der Waals surface area contributed by atoms with Gasteiger partial charge < -0.3 is 19.6 Å². The summed E-state index contributed by atoms with van der Waals surface area (Å²) in [5, 5.41) is 11.3. The lowest BCUT2D eigenvalue weighted by Crippen LogP contribution is -2.14. The molecule has 0 atom stereocenters. The van der Waals surface area contributed by atoms with Gasteiger partial charge in [0.2, 0.25) is 0 Å². The van der Waals surface area contributed by atoms with E-state index in [4.69, 9.17) is 21.1 Å². The van der Waals surface area contributed by atoms with Gasteiger partial charge in [-0.05, 0) is 23.1 Å². The van der Waals surface area contributed by atoms with E-state index in [1.54, 1.807) is 13.0 Å². The number of methoxy groups -OCH3 is 1. The molecule has 2 rings (SSSR count). The predicted molar refractivity (Wildman–Crippen MR) is 81.9 cm³/mol. The lowest BCUT2D eigenvalue weighted by Gasteiger charge is -2.09. The zero-order valence-corrected chi connectivity index (χ0v) is 13.2. The molecule has 0 spiro atoms. The average molecular weight is 340 g/mol. The maximum absolute atomic E-state index is 12.1. The van der Waals surface area contributed by atoms with Crippen molar-refractivity contribution in [3.63, 3.8) is 0 Å². The van der Waals surface area contributed by atoms with Crippen LogP contribution in [0.1, 0.15) is 16.2 Å². The Bertz CT molecular complexity index is 744. The Balaban J connectivity index is 2.03. The first kappa shape index (κ1) is 16.8. The molecule has 0 aliphatic heterocycles. The van der Waals surface area contributed by atoms with Crippen molar-refractivity contribution in [1.82, 2.24) is 9.55 Å². The van der Waals surface area contributed by atoms with Gasteiger partial charge in [-0.25, -0.2) is 14.3 Å². The molecule has 0 bridgehead atoms. The van der Waals surface area contributed by atoms with E-state index < -0.39 is 10.9 Å². The van der Waals surface area contributed by atoms with Gasteiger partial charge in [0.25, 0.3) is 0 Å². The van der Waals surface area contributed by atoms with Crippen molar-refractivity contribution in [2.24, 2.45) is 0 Å². The van der Waals surface area contributed by atoms with Crippen LogP contribution in [0.4, 0.5) is 5.82 Å². The minimum absolute atomic E-state index is 0.0390. The normalized spacial score (nSPS) is 10.4. The Labute approximate surface area is 136 Å². The maximum atomic E-state index is 12.1. The molecule has 1 aromatic carbocycles. The van der Waals surface area contributed by atoms with Gasteiger partial charge in [-0.1, -0.05) is 11.6 Å². The summed E-state index contributed by atoms with van der Waals surface area (Å²) in [4.78, 5) is 26.3. The quantitative estimate of drug-likeness (QED) is 0.456. The first-order chi connectivity index (χ1) is 10.9. The standard InChI is InChI=1S/C14H14ClN3O5/c1-9-16-8-13(18(20)21)17(9)5-6-23-14(19)11-4-3-10(15)7-12(11)22-2/h3-4,7-8H,5-6H2,1-2H3. The molecular weight excluding hydrogens is 326 g/mol. The maximum Gasteiger partial charge on any atom is 0.342 e. The first-order valence-electron chi connectivity index (χ1n) is 6.61. The van der Waals surface area contributed by atoms with E-state index in [-0.39, 0.29) is 24.5 Å². The molecular formula is C14H14ClN3O5. The first-order valence-corrected chi connectivity index (χ1v) is 6.99. The number of aromatic nitrogens is 2. The fourth-order valence-electron chi connectivity index (χ4n) is 2.02. The number of aryl methyl sites for hydroxylation is 1. The lowest BCUT2D eigenvalue weighted by atomic mass is 10.2. The Hall–Kier alpha value is -2.61. The summed E-state index contributed by atoms with van der Waals surface area (Å²) in [6.45, 7) is 1.73. The molecule has 1 heterocycles. The number of carbonyl (C=O) groups excluding carboxylic acids is 1. The summed E-state index contributed by atoms with van der Waals surface area (Å²) < 4.78 is 11.6. The predicted octanol–water partition coefficient (Wildman–Crippen LogP) is 2.62. The van der Waals surface area contributed by atoms with E-state index in [0.29, 0.717) is 16.6 Å². The average Bonchev–Trinajstić information content (AvgIpc) is 2.88. The van der Waals surface area contributed by atoms with Crippen LogP contribution in [0, 0.1) is 17.0 Å². The van der Waals surface area contributed by atoms with Crippen molar-refractivity contribution in [3.05, 3.63) is 50.9 Å². The molecule has 0 aliphatic rings. The van der Waals surface area contributed by atoms with Crippen LogP contribution >= 0.6 is 11.6 Å². The minimum Gasteiger partial charge on any atom is -0.496 e. The Morgan fingerprint density at radius 2 is 2.22 bits per heavy atom. The second-order valence-electron chi connectivity index (χ2n) is 4.55. The zero-order chi connectivity index (χ0) is 17.0. The summed E-state index contributed by atoms with van der Waals surface area (Å²) in [6, 6.07) is 4.54. The molecule has 0 aliphatic carbocycles. The topological polar surface area (TPSA) is 96.5 Å². The van der Waals surface area contributed by atoms with Crippen molar-refractivity contribution in [3.8, 4) is 5.75 Å². The van der Waals surface area contributed by atoms with Crippen molar-refractivity contribution in [2.75, 3.05) is 13.7 Å². The molecule has 122 valence electrons. The van der Waals surface area contributed by atoms with Crippen LogP contribution in [0.2, 0.25) is 5.02 Å². The number of imidazole rings is 1. The van der Waals surface area contributed by atoms with Crippen LogP contribution < -0.4 is 4.74 Å². The third-order valence-electron chi connectivity index (χ3n) is 3.15. The summed E-state index contributed by atoms with van der Waals surface area (Å²) in [5.41, 5.74) is 0.230. The van der Waals surface area contributed by atoms with Gasteiger partial charge in [-0.15, -0.1) is 0 Å². The zero-order valence-electron chi connectivity index (χ0n) is 12.5. The van der Waals surface area contributed by atoms with Crippen LogP contribution in [0.3, 0.4) is 0 Å². The van der Waals surface area contributed by atoms with E-state index in [0.717, 1.165) is 0 Å². The Kier molecular flexibility index (Phi) is 5.17. The van der Waals surface area contributed by atoms with Crippen LogP contribution in [0.5, 0.6) is 5.75 Å². The molecule has 1 aromatic heterocycles. The third kappa shape index (κ3) is 3.78. The highest BCUT2D eigenvalue weighted by Gasteiger charge is 2.19. The highest BCUT2D eigenvalue weighted by molar-refractivity contribution is 6.30. The molecule has 23 heavy (non-hydrogen) atoms. The summed E-state index contributed by atoms with van der Waals surface area (Å²) in [7, 11) is 1.42. The fourth-order valence-corrected chi connectivity index (χ4v) is 2.18. The van der Waals surface area contributed by atoms with Crippen molar-refractivity contribution >= 4 is 23.4 Å². The summed E-state index contributed by atoms with van der Waals surface area (Å²) in [5.74, 6) is 0.0191. The molecule has 9 heteroatoms. The number of rotatable bonds is 6. The molecule has 0 amide bonds. The SMILES string of the molecule is COc1cc(Cl)ccc1C(=O)OCCn1c([N+](=O)[O-])cnc1C. The number of benzene rings is 1. The van der Waals surface area contributed by atoms with Gasteiger partial charge in [0.05, 0.1) is 7.11 Å². The second-order valence-corrected chi connectivity index (χ2v) is 4.99. The van der Waals surface area contributed by atoms with Crippen molar-refractivity contribution in [1.29, 1.82) is 0 Å². The molecule has 0 unspecified atom stereocenters. The van der Waals surface area contributed by atoms with E-state index in [2.05, 4.69) is 4.98 Å². The van der Waals surface area contributed by atoms with E-state index in [1.807, 2.05) is 0 Å².